The Morgan fingerprint density at radius 3 is 2.59 bits per heavy atom. The predicted molar refractivity (Wildman–Crippen MR) is 107 cm³/mol. The van der Waals surface area contributed by atoms with Crippen LogP contribution in [-0.2, 0) is 11.0 Å². The normalized spacial score (nSPS) is 23.2. The lowest BCUT2D eigenvalue weighted by atomic mass is 9.88. The van der Waals surface area contributed by atoms with Crippen molar-refractivity contribution in [3.63, 3.8) is 0 Å². The van der Waals surface area contributed by atoms with Gasteiger partial charge < -0.3 is 5.32 Å². The van der Waals surface area contributed by atoms with Crippen LogP contribution in [0.1, 0.15) is 47.9 Å². The maximum atomic E-state index is 13.9. The Morgan fingerprint density at radius 2 is 2.00 bits per heavy atom. The highest BCUT2D eigenvalue weighted by molar-refractivity contribution is 7.20. The number of nitrogens with one attached hydrogen (secondary N) is 1. The smallest absolute Gasteiger partial charge is 0.316 e. The van der Waals surface area contributed by atoms with E-state index in [-0.39, 0.29) is 21.7 Å². The number of benzene rings is 1. The van der Waals surface area contributed by atoms with Crippen LogP contribution in [0.15, 0.2) is 18.2 Å². The van der Waals surface area contributed by atoms with Gasteiger partial charge in [-0.15, -0.1) is 11.3 Å². The van der Waals surface area contributed by atoms with Crippen LogP contribution < -0.4 is 5.32 Å². The molecule has 1 aromatic carbocycles. The van der Waals surface area contributed by atoms with E-state index >= 15 is 0 Å². The minimum absolute atomic E-state index is 0.00324. The molecule has 0 spiro atoms. The molecule has 1 N–H and O–H groups in total. The van der Waals surface area contributed by atoms with Gasteiger partial charge in [-0.25, -0.2) is 0 Å². The summed E-state index contributed by atoms with van der Waals surface area (Å²) in [6.45, 7) is 3.56. The average molecular weight is 418 g/mol. The molecule has 2 bridgehead atoms. The lowest BCUT2D eigenvalue weighted by Crippen LogP contribution is -2.27. The topological polar surface area (TPSA) is 52.9 Å². The lowest BCUT2D eigenvalue weighted by Gasteiger charge is -2.20. The Balaban J connectivity index is 1.77. The molecule has 152 valence electrons. The summed E-state index contributed by atoms with van der Waals surface area (Å²) in [5.41, 5.74) is 0.520. The Morgan fingerprint density at radius 1 is 1.24 bits per heavy atom. The molecular weight excluding hydrogens is 397 g/mol. The first-order chi connectivity index (χ1) is 13.7. The second kappa shape index (κ2) is 7.17. The van der Waals surface area contributed by atoms with Crippen molar-refractivity contribution >= 4 is 22.2 Å². The van der Waals surface area contributed by atoms with Crippen LogP contribution in [-0.4, -0.2) is 5.91 Å². The summed E-state index contributed by atoms with van der Waals surface area (Å²) < 4.78 is 41.8. The zero-order valence-corrected chi connectivity index (χ0v) is 17.0. The molecule has 1 heterocycles. The lowest BCUT2D eigenvalue weighted by molar-refractivity contribution is -0.137. The first kappa shape index (κ1) is 20.0. The highest BCUT2D eigenvalue weighted by Crippen LogP contribution is 2.51. The third-order valence-corrected chi connectivity index (χ3v) is 7.39. The van der Waals surface area contributed by atoms with Gasteiger partial charge in [-0.05, 0) is 56.1 Å². The van der Waals surface area contributed by atoms with Crippen molar-refractivity contribution in [2.45, 2.75) is 45.7 Å². The van der Waals surface area contributed by atoms with Crippen LogP contribution in [0.3, 0.4) is 0 Å². The minimum atomic E-state index is -4.69. The van der Waals surface area contributed by atoms with Gasteiger partial charge in [0.15, 0.2) is 0 Å². The highest BCUT2D eigenvalue weighted by Gasteiger charge is 2.44. The molecule has 1 amide bonds. The van der Waals surface area contributed by atoms with Crippen LogP contribution in [0.25, 0.3) is 10.4 Å². The van der Waals surface area contributed by atoms with Gasteiger partial charge in [0.25, 0.3) is 0 Å². The molecule has 2 aromatic rings. The number of thiophene rings is 1. The SMILES string of the molecule is Cc1ccc(C)c(-c2sc(NC(=O)[C@H]3C[C@@H]4CC[C@@H]3C4)c(C#N)c2C(F)(F)F)c1. The average Bonchev–Trinajstić information content (AvgIpc) is 3.36. The second-order valence-corrected chi connectivity index (χ2v) is 9.23. The monoisotopic (exact) mass is 418 g/mol. The third kappa shape index (κ3) is 3.55. The Hall–Kier alpha value is -2.33. The molecule has 0 radical (unpaired) electrons. The summed E-state index contributed by atoms with van der Waals surface area (Å²) in [4.78, 5) is 12.8. The molecule has 3 atom stereocenters. The van der Waals surface area contributed by atoms with Crippen molar-refractivity contribution < 1.29 is 18.0 Å². The van der Waals surface area contributed by atoms with Crippen LogP contribution in [0.4, 0.5) is 18.2 Å². The first-order valence-electron chi connectivity index (χ1n) is 9.71. The van der Waals surface area contributed by atoms with Gasteiger partial charge in [0.05, 0.1) is 16.0 Å². The molecule has 2 fully saturated rings. The van der Waals surface area contributed by atoms with Crippen molar-refractivity contribution in [1.29, 1.82) is 5.26 Å². The Labute approximate surface area is 171 Å². The van der Waals surface area contributed by atoms with Gasteiger partial charge >= 0.3 is 6.18 Å². The fraction of sp³-hybridized carbons (Fsp3) is 0.455. The summed E-state index contributed by atoms with van der Waals surface area (Å²) in [6.07, 6.45) is -0.747. The number of hydrogen-bond donors (Lipinski definition) is 1. The number of halogens is 3. The summed E-state index contributed by atoms with van der Waals surface area (Å²) >= 11 is 0.846. The van der Waals surface area contributed by atoms with Gasteiger partial charge in [0.1, 0.15) is 11.1 Å². The van der Waals surface area contributed by atoms with E-state index in [1.807, 2.05) is 13.0 Å². The summed E-state index contributed by atoms with van der Waals surface area (Å²) in [7, 11) is 0. The number of carbonyl (C=O) groups excluding carboxylic acids is 1. The van der Waals surface area contributed by atoms with Gasteiger partial charge in [-0.2, -0.15) is 18.4 Å². The van der Waals surface area contributed by atoms with Gasteiger partial charge in [-0.3, -0.25) is 4.79 Å². The van der Waals surface area contributed by atoms with E-state index < -0.39 is 17.3 Å². The second-order valence-electron chi connectivity index (χ2n) is 8.21. The van der Waals surface area contributed by atoms with Crippen molar-refractivity contribution in [2.24, 2.45) is 17.8 Å². The van der Waals surface area contributed by atoms with Gasteiger partial charge in [0, 0.05) is 5.92 Å². The van der Waals surface area contributed by atoms with E-state index in [4.69, 9.17) is 0 Å². The number of nitrogens with zero attached hydrogens (tertiary/aromatic N) is 1. The van der Waals surface area contributed by atoms with Crippen molar-refractivity contribution in [1.82, 2.24) is 0 Å². The van der Waals surface area contributed by atoms with Gasteiger partial charge in [0.2, 0.25) is 5.91 Å². The molecule has 4 rings (SSSR count). The molecule has 3 nitrogen and oxygen atoms in total. The Bertz CT molecular complexity index is 1020. The Kier molecular flexibility index (Phi) is 4.94. The summed E-state index contributed by atoms with van der Waals surface area (Å²) in [5.74, 6) is 0.439. The summed E-state index contributed by atoms with van der Waals surface area (Å²) in [6, 6.07) is 7.00. The number of carbonyl (C=O) groups is 1. The maximum Gasteiger partial charge on any atom is 0.419 e. The number of nitriles is 1. The molecule has 0 saturated heterocycles. The molecule has 2 aliphatic carbocycles. The molecule has 29 heavy (non-hydrogen) atoms. The van der Waals surface area contributed by atoms with Crippen molar-refractivity contribution in [3.8, 4) is 16.5 Å². The summed E-state index contributed by atoms with van der Waals surface area (Å²) in [5, 5.41) is 12.2. The van der Waals surface area contributed by atoms with Crippen molar-refractivity contribution in [3.05, 3.63) is 40.5 Å². The van der Waals surface area contributed by atoms with E-state index in [9.17, 15) is 23.2 Å². The number of anilines is 1. The number of alkyl halides is 3. The molecule has 1 aromatic heterocycles. The number of aryl methyl sites for hydroxylation is 2. The molecule has 2 saturated carbocycles. The maximum absolute atomic E-state index is 13.9. The van der Waals surface area contributed by atoms with E-state index in [1.54, 1.807) is 25.1 Å². The van der Waals surface area contributed by atoms with E-state index in [0.717, 1.165) is 42.6 Å². The molecule has 0 unspecified atom stereocenters. The van der Waals surface area contributed by atoms with Gasteiger partial charge in [-0.1, -0.05) is 30.2 Å². The first-order valence-corrected chi connectivity index (χ1v) is 10.5. The zero-order chi connectivity index (χ0) is 20.9. The van der Waals surface area contributed by atoms with Crippen LogP contribution in [0.5, 0.6) is 0 Å². The molecule has 2 aliphatic rings. The minimum Gasteiger partial charge on any atom is -0.316 e. The number of hydrogen-bond acceptors (Lipinski definition) is 3. The molecule has 0 aliphatic heterocycles. The largest absolute Gasteiger partial charge is 0.419 e. The van der Waals surface area contributed by atoms with E-state index in [2.05, 4.69) is 5.32 Å². The van der Waals surface area contributed by atoms with Crippen LogP contribution in [0.2, 0.25) is 0 Å². The number of rotatable bonds is 3. The van der Waals surface area contributed by atoms with E-state index in [0.29, 0.717) is 23.0 Å². The van der Waals surface area contributed by atoms with Crippen molar-refractivity contribution in [2.75, 3.05) is 5.32 Å². The number of amides is 1. The van der Waals surface area contributed by atoms with Crippen LogP contribution >= 0.6 is 11.3 Å². The predicted octanol–water partition coefficient (Wildman–Crippen LogP) is 6.30. The van der Waals surface area contributed by atoms with E-state index in [1.165, 1.54) is 0 Å². The molecule has 7 heteroatoms. The van der Waals surface area contributed by atoms with Crippen LogP contribution in [0, 0.1) is 42.9 Å². The fourth-order valence-corrected chi connectivity index (χ4v) is 6.09. The third-order valence-electron chi connectivity index (χ3n) is 6.25. The standard InChI is InChI=1S/C22H21F3N2OS/c1-11-3-4-12(2)15(7-11)19-18(22(23,24)25)17(10-26)21(29-19)27-20(28)16-9-13-5-6-14(16)8-13/h3-4,7,13-14,16H,5-6,8-9H2,1-2H3,(H,27,28)/t13-,14-,16+/m1/s1. The number of fused-ring (bicyclic) bond motifs is 2. The quantitative estimate of drug-likeness (QED) is 0.636. The fourth-order valence-electron chi connectivity index (χ4n) is 4.84. The zero-order valence-electron chi connectivity index (χ0n) is 16.2. The molecular formula is C22H21F3N2OS. The highest BCUT2D eigenvalue weighted by atomic mass is 32.1.